The lowest BCUT2D eigenvalue weighted by Crippen LogP contribution is -2.02. The topological polar surface area (TPSA) is 62.7 Å². The first-order chi connectivity index (χ1) is 11.1. The highest BCUT2D eigenvalue weighted by Gasteiger charge is 2.03. The van der Waals surface area contributed by atoms with Crippen molar-refractivity contribution in [1.82, 2.24) is 15.2 Å². The molecule has 0 aliphatic carbocycles. The minimum Gasteiger partial charge on any atom is -0.339 e. The van der Waals surface area contributed by atoms with Crippen molar-refractivity contribution in [2.45, 2.75) is 13.8 Å². The number of hydrogen-bond donors (Lipinski definition) is 2. The zero-order valence-electron chi connectivity index (χ0n) is 12.8. The summed E-state index contributed by atoms with van der Waals surface area (Å²) in [5.74, 6) is 0.527. The summed E-state index contributed by atoms with van der Waals surface area (Å²) >= 11 is 0. The number of anilines is 4. The zero-order chi connectivity index (χ0) is 16.2. The predicted octanol–water partition coefficient (Wildman–Crippen LogP) is 4.11. The molecule has 2 aromatic carbocycles. The van der Waals surface area contributed by atoms with Crippen molar-refractivity contribution in [3.05, 3.63) is 65.6 Å². The van der Waals surface area contributed by atoms with Gasteiger partial charge in [-0.3, -0.25) is 0 Å². The number of rotatable bonds is 4. The molecule has 23 heavy (non-hydrogen) atoms. The maximum atomic E-state index is 13.2. The third-order valence-electron chi connectivity index (χ3n) is 3.42. The fourth-order valence-electron chi connectivity index (χ4n) is 2.08. The van der Waals surface area contributed by atoms with Crippen LogP contribution < -0.4 is 10.6 Å². The Labute approximate surface area is 133 Å². The summed E-state index contributed by atoms with van der Waals surface area (Å²) in [6.45, 7) is 4.11. The van der Waals surface area contributed by atoms with Gasteiger partial charge in [-0.25, -0.2) is 4.39 Å². The molecular weight excluding hydrogens is 293 g/mol. The van der Waals surface area contributed by atoms with Crippen molar-refractivity contribution in [1.29, 1.82) is 0 Å². The molecule has 1 aromatic heterocycles. The van der Waals surface area contributed by atoms with Gasteiger partial charge in [0.1, 0.15) is 5.82 Å². The molecule has 2 N–H and O–H groups in total. The number of nitrogens with one attached hydrogen (secondary N) is 2. The first-order valence-corrected chi connectivity index (χ1v) is 7.17. The molecule has 0 spiro atoms. The Morgan fingerprint density at radius 1 is 0.913 bits per heavy atom. The van der Waals surface area contributed by atoms with E-state index in [1.165, 1.54) is 29.5 Å². The van der Waals surface area contributed by atoms with Crippen LogP contribution in [-0.2, 0) is 0 Å². The smallest absolute Gasteiger partial charge is 0.249 e. The summed E-state index contributed by atoms with van der Waals surface area (Å²) in [5, 5.41) is 13.9. The number of benzene rings is 2. The van der Waals surface area contributed by atoms with Crippen LogP contribution in [0.15, 0.2) is 48.7 Å². The van der Waals surface area contributed by atoms with Crippen molar-refractivity contribution in [2.24, 2.45) is 0 Å². The predicted molar refractivity (Wildman–Crippen MR) is 88.7 cm³/mol. The molecule has 116 valence electrons. The summed E-state index contributed by atoms with van der Waals surface area (Å²) in [7, 11) is 0. The molecule has 0 saturated heterocycles. The molecule has 0 radical (unpaired) electrons. The van der Waals surface area contributed by atoms with E-state index in [-0.39, 0.29) is 5.82 Å². The van der Waals surface area contributed by atoms with Crippen LogP contribution in [-0.4, -0.2) is 15.2 Å². The average molecular weight is 309 g/mol. The largest absolute Gasteiger partial charge is 0.339 e. The maximum Gasteiger partial charge on any atom is 0.249 e. The molecule has 0 fully saturated rings. The summed E-state index contributed by atoms with van der Waals surface area (Å²) in [6.07, 6.45) is 1.53. The highest BCUT2D eigenvalue weighted by Crippen LogP contribution is 2.19. The van der Waals surface area contributed by atoms with Crippen LogP contribution >= 0.6 is 0 Å². The second kappa shape index (κ2) is 6.39. The van der Waals surface area contributed by atoms with Crippen LogP contribution in [0.1, 0.15) is 11.1 Å². The summed E-state index contributed by atoms with van der Waals surface area (Å²) < 4.78 is 13.2. The highest BCUT2D eigenvalue weighted by atomic mass is 19.1. The second-order valence-electron chi connectivity index (χ2n) is 5.22. The van der Waals surface area contributed by atoms with E-state index < -0.39 is 0 Å². The third-order valence-corrected chi connectivity index (χ3v) is 3.42. The van der Waals surface area contributed by atoms with E-state index in [0.29, 0.717) is 17.5 Å². The van der Waals surface area contributed by atoms with Crippen LogP contribution in [0.5, 0.6) is 0 Å². The normalized spacial score (nSPS) is 10.4. The van der Waals surface area contributed by atoms with Crippen LogP contribution in [0.2, 0.25) is 0 Å². The van der Waals surface area contributed by atoms with Crippen molar-refractivity contribution >= 4 is 23.1 Å². The number of hydrogen-bond acceptors (Lipinski definition) is 5. The minimum absolute atomic E-state index is 0.296. The molecule has 0 amide bonds. The van der Waals surface area contributed by atoms with Gasteiger partial charge in [0, 0.05) is 11.4 Å². The molecule has 0 atom stereocenters. The summed E-state index contributed by atoms with van der Waals surface area (Å²) in [5.41, 5.74) is 3.90. The number of nitrogens with zero attached hydrogens (tertiary/aromatic N) is 3. The van der Waals surface area contributed by atoms with E-state index in [0.717, 1.165) is 5.69 Å². The monoisotopic (exact) mass is 309 g/mol. The average Bonchev–Trinajstić information content (AvgIpc) is 2.51. The van der Waals surface area contributed by atoms with Gasteiger partial charge in [-0.15, -0.1) is 5.10 Å². The molecule has 6 heteroatoms. The Bertz CT molecular complexity index is 835. The SMILES string of the molecule is Cc1ccc(Nc2cnnc(Nc3cccc(F)c3)n2)cc1C. The Balaban J connectivity index is 1.78. The van der Waals surface area contributed by atoms with Crippen molar-refractivity contribution in [2.75, 3.05) is 10.6 Å². The van der Waals surface area contributed by atoms with E-state index in [4.69, 9.17) is 0 Å². The summed E-state index contributed by atoms with van der Waals surface area (Å²) in [4.78, 5) is 4.33. The molecule has 0 aliphatic rings. The lowest BCUT2D eigenvalue weighted by molar-refractivity contribution is 0.628. The van der Waals surface area contributed by atoms with Gasteiger partial charge in [0.25, 0.3) is 0 Å². The fourth-order valence-corrected chi connectivity index (χ4v) is 2.08. The van der Waals surface area contributed by atoms with Gasteiger partial charge in [-0.1, -0.05) is 12.1 Å². The molecular formula is C17H16FN5. The molecule has 3 aromatic rings. The first-order valence-electron chi connectivity index (χ1n) is 7.17. The van der Waals surface area contributed by atoms with Gasteiger partial charge in [-0.05, 0) is 55.3 Å². The molecule has 3 rings (SSSR count). The fraction of sp³-hybridized carbons (Fsp3) is 0.118. The Hall–Kier alpha value is -3.02. The molecule has 0 unspecified atom stereocenters. The van der Waals surface area contributed by atoms with E-state index in [2.05, 4.69) is 39.7 Å². The quantitative estimate of drug-likeness (QED) is 0.759. The van der Waals surface area contributed by atoms with Crippen LogP contribution in [0.3, 0.4) is 0 Å². The molecule has 5 nitrogen and oxygen atoms in total. The van der Waals surface area contributed by atoms with E-state index in [1.54, 1.807) is 12.1 Å². The maximum absolute atomic E-state index is 13.2. The minimum atomic E-state index is -0.327. The zero-order valence-corrected chi connectivity index (χ0v) is 12.8. The Morgan fingerprint density at radius 3 is 2.52 bits per heavy atom. The Morgan fingerprint density at radius 2 is 1.74 bits per heavy atom. The third kappa shape index (κ3) is 3.79. The molecule has 1 heterocycles. The van der Waals surface area contributed by atoms with E-state index in [1.807, 2.05) is 18.2 Å². The number of aryl methyl sites for hydroxylation is 2. The van der Waals surface area contributed by atoms with E-state index in [9.17, 15) is 4.39 Å². The summed E-state index contributed by atoms with van der Waals surface area (Å²) in [6, 6.07) is 12.1. The number of aromatic nitrogens is 3. The van der Waals surface area contributed by atoms with Gasteiger partial charge < -0.3 is 10.6 Å². The van der Waals surface area contributed by atoms with Gasteiger partial charge in [0.05, 0.1) is 6.20 Å². The van der Waals surface area contributed by atoms with Gasteiger partial charge in [0.15, 0.2) is 5.82 Å². The molecule has 0 aliphatic heterocycles. The lowest BCUT2D eigenvalue weighted by Gasteiger charge is -2.09. The van der Waals surface area contributed by atoms with Crippen LogP contribution in [0.25, 0.3) is 0 Å². The van der Waals surface area contributed by atoms with Crippen molar-refractivity contribution in [3.8, 4) is 0 Å². The standard InChI is InChI=1S/C17H16FN5/c1-11-6-7-15(8-12(11)2)20-16-10-19-23-17(22-16)21-14-5-3-4-13(18)9-14/h3-10H,1-2H3,(H2,20,21,22,23). The molecule has 0 bridgehead atoms. The first kappa shape index (κ1) is 14.9. The van der Waals surface area contributed by atoms with Gasteiger partial charge >= 0.3 is 0 Å². The second-order valence-corrected chi connectivity index (χ2v) is 5.22. The van der Waals surface area contributed by atoms with Crippen LogP contribution in [0, 0.1) is 19.7 Å². The van der Waals surface area contributed by atoms with E-state index >= 15 is 0 Å². The van der Waals surface area contributed by atoms with Crippen molar-refractivity contribution < 1.29 is 4.39 Å². The van der Waals surface area contributed by atoms with Crippen LogP contribution in [0.4, 0.5) is 27.5 Å². The van der Waals surface area contributed by atoms with Gasteiger partial charge in [-0.2, -0.15) is 10.1 Å². The highest BCUT2D eigenvalue weighted by molar-refractivity contribution is 5.59. The molecule has 0 saturated carbocycles. The number of halogens is 1. The Kier molecular flexibility index (Phi) is 4.14. The van der Waals surface area contributed by atoms with Gasteiger partial charge in [0.2, 0.25) is 5.95 Å². The lowest BCUT2D eigenvalue weighted by atomic mass is 10.1. The van der Waals surface area contributed by atoms with Crippen molar-refractivity contribution in [3.63, 3.8) is 0 Å².